The van der Waals surface area contributed by atoms with Gasteiger partial charge in [0.2, 0.25) is 0 Å². The summed E-state index contributed by atoms with van der Waals surface area (Å²) in [6.45, 7) is 36.0. The number of hydrogen-bond acceptors (Lipinski definition) is 2. The summed E-state index contributed by atoms with van der Waals surface area (Å²) in [6.07, 6.45) is 0. The Kier molecular flexibility index (Phi) is 92.3. The Morgan fingerprint density at radius 3 is 0.875 bits per heavy atom. The van der Waals surface area contributed by atoms with E-state index < -0.39 is 0 Å². The molecule has 0 N–H and O–H groups in total. The van der Waals surface area contributed by atoms with Crippen LogP contribution in [0, 0.1) is 53.2 Å². The number of hydrogen-bond donors (Lipinski definition) is 0. The first-order chi connectivity index (χ1) is 15.4. The van der Waals surface area contributed by atoms with Crippen LogP contribution < -0.4 is 0 Å². The van der Waals surface area contributed by atoms with Gasteiger partial charge in [0.15, 0.2) is 0 Å². The van der Waals surface area contributed by atoms with Crippen molar-refractivity contribution in [1.82, 2.24) is 9.80 Å². The Bertz CT molecular complexity index is 636. The molecule has 0 bridgehead atoms. The molecule has 10 nitrogen and oxygen atoms in total. The molecule has 0 spiro atoms. The minimum absolute atomic E-state index is 1.01. The molecule has 1 rings (SSSR count). The number of benzene rings is 1. The van der Waals surface area contributed by atoms with Crippen molar-refractivity contribution in [3.05, 3.63) is 88.6 Å². The predicted octanol–water partition coefficient (Wildman–Crippen LogP) is 0.559. The summed E-state index contributed by atoms with van der Waals surface area (Å²) < 4.78 is 62.0. The zero-order chi connectivity index (χ0) is 28.3. The van der Waals surface area contributed by atoms with Crippen molar-refractivity contribution in [3.63, 3.8) is 0 Å². The minimum atomic E-state index is 1.01. The van der Waals surface area contributed by atoms with Crippen LogP contribution in [0.1, 0.15) is 11.1 Å². The fraction of sp³-hybridized carbons (Fsp3) is 0.200. The van der Waals surface area contributed by atoms with Gasteiger partial charge >= 0.3 is 204 Å². The van der Waals surface area contributed by atoms with E-state index >= 15 is 0 Å². The van der Waals surface area contributed by atoms with Crippen molar-refractivity contribution in [2.75, 3.05) is 28.2 Å². The van der Waals surface area contributed by atoms with E-state index in [1.54, 1.807) is 0 Å². The van der Waals surface area contributed by atoms with Gasteiger partial charge in [-0.3, -0.25) is 0 Å². The van der Waals surface area contributed by atoms with Gasteiger partial charge in [-0.05, 0) is 0 Å². The molecule has 0 unspecified atom stereocenters. The molecule has 0 heterocycles. The second-order valence-electron chi connectivity index (χ2n) is 3.93. The van der Waals surface area contributed by atoms with Crippen LogP contribution in [0.15, 0.2) is 24.3 Å². The van der Waals surface area contributed by atoms with E-state index in [0.717, 1.165) is 20.2 Å². The van der Waals surface area contributed by atoms with Crippen LogP contribution in [0.5, 0.6) is 0 Å². The van der Waals surface area contributed by atoms with Gasteiger partial charge in [0.1, 0.15) is 0 Å². The van der Waals surface area contributed by atoms with Crippen molar-refractivity contribution in [2.24, 2.45) is 0 Å². The Labute approximate surface area is 203 Å². The van der Waals surface area contributed by atoms with Crippen LogP contribution in [0.3, 0.4) is 0 Å². The molecule has 0 atom stereocenters. The summed E-state index contributed by atoms with van der Waals surface area (Å²) in [5.74, 6) is 0. The van der Waals surface area contributed by atoms with Crippen molar-refractivity contribution in [1.29, 1.82) is 0 Å². The maximum atomic E-state index is 7.50. The van der Waals surface area contributed by atoms with Gasteiger partial charge < -0.3 is 0 Å². The van der Waals surface area contributed by atoms with Gasteiger partial charge in [-0.1, -0.05) is 0 Å². The van der Waals surface area contributed by atoms with Gasteiger partial charge in [-0.15, -0.1) is 0 Å². The summed E-state index contributed by atoms with van der Waals surface area (Å²) in [4.78, 5) is 4.02. The van der Waals surface area contributed by atoms with E-state index in [-0.39, 0.29) is 0 Å². The summed E-state index contributed by atoms with van der Waals surface area (Å²) in [6, 6.07) is 8.28. The summed E-state index contributed by atoms with van der Waals surface area (Å²) >= 11 is 8.10. The third-order valence-electron chi connectivity index (χ3n) is 2.09. The molecule has 0 saturated carbocycles. The first-order valence-corrected chi connectivity index (χ1v) is 7.65. The van der Waals surface area contributed by atoms with Gasteiger partial charge in [0.25, 0.3) is 0 Å². The Morgan fingerprint density at radius 1 is 0.531 bits per heavy atom. The van der Waals surface area contributed by atoms with Crippen molar-refractivity contribution in [3.8, 4) is 0 Å². The Balaban J connectivity index is -0.0000000507. The van der Waals surface area contributed by atoms with Gasteiger partial charge in [0, 0.05) is 0 Å². The Morgan fingerprint density at radius 2 is 0.719 bits per heavy atom. The monoisotopic (exact) mass is 524 g/mol. The summed E-state index contributed by atoms with van der Waals surface area (Å²) in [5, 5.41) is 0. The second-order valence-corrected chi connectivity index (χ2v) is 4.97. The average molecular weight is 524 g/mol. The zero-order valence-electron chi connectivity index (χ0n) is 17.2. The molecule has 0 fully saturated rings. The normalized spacial score (nSPS) is 6.00. The van der Waals surface area contributed by atoms with E-state index in [0.29, 0.717) is 0 Å². The van der Waals surface area contributed by atoms with Crippen LogP contribution >= 0.6 is 0 Å². The molecule has 0 aliphatic heterocycles. The summed E-state index contributed by atoms with van der Waals surface area (Å²) in [5.41, 5.74) is 2.26. The maximum absolute atomic E-state index is 7.50. The van der Waals surface area contributed by atoms with Crippen LogP contribution in [0.25, 0.3) is 0 Å². The van der Waals surface area contributed by atoms with E-state index in [4.69, 9.17) is 37.2 Å². The third-order valence-corrected chi connectivity index (χ3v) is 3.71. The SMILES string of the molecule is CN(C)[C](=[Fe])c1cccc([C](=[Fe])N(C)C)c1.[C-]#[O+].[C-]#[O+].[C-]#[O+].[C-]#[O+].[C-]#[O+].[C-]#[O+].[C-]#[O+].[C-]#[O+]. The number of rotatable bonds is 4. The summed E-state index contributed by atoms with van der Waals surface area (Å²) in [7, 11) is 7.98. The molecule has 170 valence electrons. The van der Waals surface area contributed by atoms with Gasteiger partial charge in [0.05, 0.1) is 0 Å². The average Bonchev–Trinajstić information content (AvgIpc) is 2.92. The fourth-order valence-corrected chi connectivity index (χ4v) is 1.63. The molecule has 1 aromatic carbocycles. The van der Waals surface area contributed by atoms with E-state index in [2.05, 4.69) is 103 Å². The molecule has 0 aliphatic rings. The Hall–Kier alpha value is -2.16. The van der Waals surface area contributed by atoms with Crippen LogP contribution in [0.4, 0.5) is 0 Å². The molecule has 1 aromatic rings. The topological polar surface area (TPSA) is 166 Å². The molecule has 0 aromatic heterocycles. The molecule has 12 heteroatoms. The van der Waals surface area contributed by atoms with Crippen LogP contribution in [-0.2, 0) is 68.4 Å². The zero-order valence-corrected chi connectivity index (χ0v) is 19.4. The van der Waals surface area contributed by atoms with Crippen molar-refractivity contribution >= 4 is 9.08 Å². The van der Waals surface area contributed by atoms with E-state index in [1.807, 2.05) is 44.1 Å². The molecule has 0 saturated heterocycles. The molecule has 0 aliphatic carbocycles. The molecule has 0 amide bonds. The quantitative estimate of drug-likeness (QED) is 0.320. The van der Waals surface area contributed by atoms with Crippen molar-refractivity contribution < 1.29 is 68.4 Å². The van der Waals surface area contributed by atoms with Crippen LogP contribution in [-0.4, -0.2) is 47.1 Å². The van der Waals surface area contributed by atoms with Crippen LogP contribution in [0.2, 0.25) is 0 Å². The van der Waals surface area contributed by atoms with Gasteiger partial charge in [-0.2, -0.15) is 0 Å². The molecular formula is C20H16Fe2N2O8. The molecule has 0 radical (unpaired) electrons. The first-order valence-electron chi connectivity index (χ1n) is 6.54. The third kappa shape index (κ3) is 35.3. The second kappa shape index (κ2) is 56.8. The molecular weight excluding hydrogens is 508 g/mol. The van der Waals surface area contributed by atoms with E-state index in [1.165, 1.54) is 0 Å². The number of nitrogens with zero attached hydrogens (tertiary/aromatic N) is 2. The van der Waals surface area contributed by atoms with Crippen molar-refractivity contribution in [2.45, 2.75) is 0 Å². The van der Waals surface area contributed by atoms with Gasteiger partial charge in [-0.25, -0.2) is 0 Å². The standard InChI is InChI=1S/C12H16N2.8CO.2Fe/c1-13(2)9-11-6-5-7-12(8-11)10-14(3)4;8*1-2;;/h5-8H,1-4H3;;;;;;;;;;. The fourth-order valence-electron chi connectivity index (χ4n) is 1.28. The first kappa shape index (κ1) is 52.0. The molecule has 32 heavy (non-hydrogen) atoms. The predicted molar refractivity (Wildman–Crippen MR) is 93.5 cm³/mol. The van der Waals surface area contributed by atoms with E-state index in [9.17, 15) is 0 Å².